The molecule has 8 nitrogen and oxygen atoms in total. The maximum Gasteiger partial charge on any atom is 0.344 e. The van der Waals surface area contributed by atoms with Crippen LogP contribution in [0.25, 0.3) is 6.08 Å². The Morgan fingerprint density at radius 2 is 1.85 bits per heavy atom. The zero-order valence-electron chi connectivity index (χ0n) is 14.9. The van der Waals surface area contributed by atoms with Crippen molar-refractivity contribution in [2.75, 3.05) is 14.2 Å². The molecule has 0 N–H and O–H groups in total. The number of carbonyl (C=O) groups excluding carboxylic acids is 2. The van der Waals surface area contributed by atoms with Gasteiger partial charge in [0.25, 0.3) is 5.69 Å². The molecule has 2 aromatic carbocycles. The molecule has 0 unspecified atom stereocenters. The standard InChI is InChI=1S/C19H17NO7/c1-12-14(5-4-6-15(12)20(23)24)19(22)27-16-9-7-13(11-17(16)25-2)8-10-18(21)26-3/h4-11H,1-3H3/b10-8+. The number of nitro benzene ring substituents is 1. The van der Waals surface area contributed by atoms with Gasteiger partial charge in [0, 0.05) is 17.7 Å². The molecule has 2 rings (SSSR count). The van der Waals surface area contributed by atoms with Gasteiger partial charge in [-0.2, -0.15) is 0 Å². The molecule has 0 spiro atoms. The first-order chi connectivity index (χ1) is 12.9. The normalized spacial score (nSPS) is 10.5. The summed E-state index contributed by atoms with van der Waals surface area (Å²) < 4.78 is 15.1. The minimum Gasteiger partial charge on any atom is -0.493 e. The quantitative estimate of drug-likeness (QED) is 0.252. The Labute approximate surface area is 155 Å². The van der Waals surface area contributed by atoms with Crippen LogP contribution < -0.4 is 9.47 Å². The smallest absolute Gasteiger partial charge is 0.344 e. The average molecular weight is 371 g/mol. The van der Waals surface area contributed by atoms with Gasteiger partial charge in [-0.3, -0.25) is 10.1 Å². The van der Waals surface area contributed by atoms with Crippen molar-refractivity contribution in [2.45, 2.75) is 6.92 Å². The predicted octanol–water partition coefficient (Wildman–Crippen LogP) is 3.32. The van der Waals surface area contributed by atoms with Crippen molar-refractivity contribution in [3.05, 3.63) is 69.3 Å². The fourth-order valence-electron chi connectivity index (χ4n) is 2.30. The molecule has 0 aliphatic carbocycles. The maximum atomic E-state index is 12.4. The largest absolute Gasteiger partial charge is 0.493 e. The van der Waals surface area contributed by atoms with Crippen LogP contribution in [0.1, 0.15) is 21.5 Å². The summed E-state index contributed by atoms with van der Waals surface area (Å²) in [4.78, 5) is 34.1. The van der Waals surface area contributed by atoms with E-state index in [0.29, 0.717) is 5.56 Å². The zero-order valence-corrected chi connectivity index (χ0v) is 14.9. The van der Waals surface area contributed by atoms with E-state index in [1.54, 1.807) is 12.1 Å². The summed E-state index contributed by atoms with van der Waals surface area (Å²) in [6, 6.07) is 8.87. The van der Waals surface area contributed by atoms with Crippen LogP contribution in [0.4, 0.5) is 5.69 Å². The minimum atomic E-state index is -0.743. The molecule has 0 aliphatic heterocycles. The molecule has 0 saturated heterocycles. The lowest BCUT2D eigenvalue weighted by molar-refractivity contribution is -0.385. The number of nitrogens with zero attached hydrogens (tertiary/aromatic N) is 1. The molecular formula is C19H17NO7. The Morgan fingerprint density at radius 1 is 1.11 bits per heavy atom. The lowest BCUT2D eigenvalue weighted by atomic mass is 10.1. The lowest BCUT2D eigenvalue weighted by Gasteiger charge is -2.11. The van der Waals surface area contributed by atoms with Gasteiger partial charge >= 0.3 is 11.9 Å². The monoisotopic (exact) mass is 371 g/mol. The molecule has 0 amide bonds. The first-order valence-electron chi connectivity index (χ1n) is 7.77. The van der Waals surface area contributed by atoms with Crippen LogP contribution in [-0.2, 0) is 9.53 Å². The summed E-state index contributed by atoms with van der Waals surface area (Å²) in [6.07, 6.45) is 2.76. The molecule has 140 valence electrons. The minimum absolute atomic E-state index is 0.0842. The molecule has 0 saturated carbocycles. The second kappa shape index (κ2) is 8.61. The fourth-order valence-corrected chi connectivity index (χ4v) is 2.30. The molecule has 0 aromatic heterocycles. The highest BCUT2D eigenvalue weighted by atomic mass is 16.6. The second-order valence-corrected chi connectivity index (χ2v) is 5.36. The number of hydrogen-bond donors (Lipinski definition) is 0. The van der Waals surface area contributed by atoms with Crippen LogP contribution in [0.5, 0.6) is 11.5 Å². The van der Waals surface area contributed by atoms with Crippen molar-refractivity contribution in [3.8, 4) is 11.5 Å². The summed E-state index contributed by atoms with van der Waals surface area (Å²) in [5.74, 6) is -0.847. The van der Waals surface area contributed by atoms with E-state index in [2.05, 4.69) is 4.74 Å². The molecule has 8 heteroatoms. The van der Waals surface area contributed by atoms with E-state index in [4.69, 9.17) is 9.47 Å². The average Bonchev–Trinajstić information content (AvgIpc) is 2.66. The van der Waals surface area contributed by atoms with Crippen molar-refractivity contribution >= 4 is 23.7 Å². The van der Waals surface area contributed by atoms with Gasteiger partial charge in [0.15, 0.2) is 11.5 Å². The SMILES string of the molecule is COC(=O)/C=C/c1ccc(OC(=O)c2cccc([N+](=O)[O-])c2C)c(OC)c1. The van der Waals surface area contributed by atoms with E-state index in [1.807, 2.05) is 0 Å². The molecular weight excluding hydrogens is 354 g/mol. The van der Waals surface area contributed by atoms with E-state index < -0.39 is 16.9 Å². The Kier molecular flexibility index (Phi) is 6.27. The third kappa shape index (κ3) is 4.69. The maximum absolute atomic E-state index is 12.4. The third-order valence-electron chi connectivity index (χ3n) is 3.73. The number of carbonyl (C=O) groups is 2. The highest BCUT2D eigenvalue weighted by Crippen LogP contribution is 2.30. The van der Waals surface area contributed by atoms with Crippen LogP contribution in [0.2, 0.25) is 0 Å². The van der Waals surface area contributed by atoms with Gasteiger partial charge in [0.05, 0.1) is 24.7 Å². The van der Waals surface area contributed by atoms with Crippen LogP contribution in [-0.4, -0.2) is 31.1 Å². The first-order valence-corrected chi connectivity index (χ1v) is 7.77. The Morgan fingerprint density at radius 3 is 2.48 bits per heavy atom. The van der Waals surface area contributed by atoms with Crippen molar-refractivity contribution < 1.29 is 28.7 Å². The predicted molar refractivity (Wildman–Crippen MR) is 96.8 cm³/mol. The molecule has 0 radical (unpaired) electrons. The highest BCUT2D eigenvalue weighted by Gasteiger charge is 2.20. The van der Waals surface area contributed by atoms with Crippen LogP contribution in [0.15, 0.2) is 42.5 Å². The van der Waals surface area contributed by atoms with Crippen molar-refractivity contribution in [2.24, 2.45) is 0 Å². The third-order valence-corrected chi connectivity index (χ3v) is 3.73. The van der Waals surface area contributed by atoms with E-state index >= 15 is 0 Å². The van der Waals surface area contributed by atoms with Crippen molar-refractivity contribution in [1.82, 2.24) is 0 Å². The Hall–Kier alpha value is -3.68. The van der Waals surface area contributed by atoms with E-state index in [-0.39, 0.29) is 28.3 Å². The van der Waals surface area contributed by atoms with E-state index in [9.17, 15) is 19.7 Å². The summed E-state index contributed by atoms with van der Waals surface area (Å²) in [7, 11) is 2.67. The second-order valence-electron chi connectivity index (χ2n) is 5.36. The topological polar surface area (TPSA) is 105 Å². The number of benzene rings is 2. The van der Waals surface area contributed by atoms with Crippen molar-refractivity contribution in [1.29, 1.82) is 0 Å². The number of nitro groups is 1. The van der Waals surface area contributed by atoms with E-state index in [0.717, 1.165) is 0 Å². The summed E-state index contributed by atoms with van der Waals surface area (Å²) in [6.45, 7) is 1.48. The Balaban J connectivity index is 2.28. The van der Waals surface area contributed by atoms with Gasteiger partial charge in [-0.1, -0.05) is 12.1 Å². The van der Waals surface area contributed by atoms with Crippen LogP contribution in [0, 0.1) is 17.0 Å². The van der Waals surface area contributed by atoms with Gasteiger partial charge in [0.2, 0.25) is 0 Å². The number of methoxy groups -OCH3 is 2. The lowest BCUT2D eigenvalue weighted by Crippen LogP contribution is -2.12. The van der Waals surface area contributed by atoms with Crippen LogP contribution >= 0.6 is 0 Å². The molecule has 0 aliphatic rings. The fraction of sp³-hybridized carbons (Fsp3) is 0.158. The van der Waals surface area contributed by atoms with Gasteiger partial charge in [-0.25, -0.2) is 9.59 Å². The molecule has 2 aromatic rings. The van der Waals surface area contributed by atoms with E-state index in [1.165, 1.54) is 57.6 Å². The molecule has 0 atom stereocenters. The summed E-state index contributed by atoms with van der Waals surface area (Å²) in [5, 5.41) is 11.0. The van der Waals surface area contributed by atoms with Gasteiger partial charge in [-0.05, 0) is 36.8 Å². The number of hydrogen-bond acceptors (Lipinski definition) is 7. The number of esters is 2. The number of rotatable bonds is 6. The number of ether oxygens (including phenoxy) is 3. The van der Waals surface area contributed by atoms with Gasteiger partial charge in [0.1, 0.15) is 0 Å². The molecule has 0 heterocycles. The molecule has 0 bridgehead atoms. The summed E-state index contributed by atoms with van der Waals surface area (Å²) >= 11 is 0. The van der Waals surface area contributed by atoms with Gasteiger partial charge < -0.3 is 14.2 Å². The summed E-state index contributed by atoms with van der Waals surface area (Å²) in [5.41, 5.74) is 0.758. The van der Waals surface area contributed by atoms with Crippen LogP contribution in [0.3, 0.4) is 0 Å². The van der Waals surface area contributed by atoms with Gasteiger partial charge in [-0.15, -0.1) is 0 Å². The Bertz CT molecular complexity index is 918. The first kappa shape index (κ1) is 19.6. The highest BCUT2D eigenvalue weighted by molar-refractivity contribution is 5.94. The van der Waals surface area contributed by atoms with Crippen molar-refractivity contribution in [3.63, 3.8) is 0 Å². The molecule has 0 fully saturated rings. The zero-order chi connectivity index (χ0) is 20.0. The molecule has 27 heavy (non-hydrogen) atoms.